The van der Waals surface area contributed by atoms with Crippen molar-refractivity contribution in [1.82, 2.24) is 4.90 Å². The Balaban J connectivity index is 2.33. The van der Waals surface area contributed by atoms with Crippen molar-refractivity contribution in [3.05, 3.63) is 35.6 Å². The fourth-order valence-corrected chi connectivity index (χ4v) is 1.97. The van der Waals surface area contributed by atoms with Gasteiger partial charge in [0.15, 0.2) is 5.76 Å². The lowest BCUT2D eigenvalue weighted by atomic mass is 10.2. The van der Waals surface area contributed by atoms with Gasteiger partial charge in [0.1, 0.15) is 5.58 Å². The lowest BCUT2D eigenvalue weighted by Crippen LogP contribution is -2.42. The maximum Gasteiger partial charge on any atom is 0.289 e. The van der Waals surface area contributed by atoms with Crippen LogP contribution in [0.2, 0.25) is 0 Å². The summed E-state index contributed by atoms with van der Waals surface area (Å²) in [5.41, 5.74) is 7.38. The van der Waals surface area contributed by atoms with Crippen molar-refractivity contribution in [2.45, 2.75) is 19.9 Å². The number of amides is 1. The van der Waals surface area contributed by atoms with Crippen LogP contribution in [-0.4, -0.2) is 28.9 Å². The number of carbonyl (C=O) groups excluding carboxylic acids is 1. The number of fused-ring (bicyclic) bond motifs is 1. The van der Waals surface area contributed by atoms with Crippen molar-refractivity contribution in [2.24, 2.45) is 5.73 Å². The van der Waals surface area contributed by atoms with Crippen LogP contribution in [0.1, 0.15) is 23.0 Å². The molecule has 100 valence electrons. The number of hydrogen-bond donors (Lipinski definition) is 1. The molecule has 0 bridgehead atoms. The lowest BCUT2D eigenvalue weighted by molar-refractivity contribution is 0.0749. The highest BCUT2D eigenvalue weighted by molar-refractivity contribution is 7.80. The van der Waals surface area contributed by atoms with E-state index in [4.69, 9.17) is 22.4 Å². The first-order valence-corrected chi connectivity index (χ1v) is 6.37. The fraction of sp³-hybridized carbons (Fsp3) is 0.286. The third-order valence-electron chi connectivity index (χ3n) is 3.20. The summed E-state index contributed by atoms with van der Waals surface area (Å²) in [5.74, 6) is 0.0698. The second-order valence-electron chi connectivity index (χ2n) is 4.65. The fourth-order valence-electron chi connectivity index (χ4n) is 1.81. The molecule has 1 aromatic heterocycles. The standard InChI is InChI=1S/C14H16N2O2S/c1-8-4-5-11-10(6-8)7-12(18-11)14(17)16(3)9(2)13(15)19/h4-7,9H,1-3H3,(H2,15,19). The first kappa shape index (κ1) is 13.5. The van der Waals surface area contributed by atoms with Crippen molar-refractivity contribution >= 4 is 34.1 Å². The first-order valence-electron chi connectivity index (χ1n) is 5.97. The van der Waals surface area contributed by atoms with Crippen molar-refractivity contribution < 1.29 is 9.21 Å². The summed E-state index contributed by atoms with van der Waals surface area (Å²) < 4.78 is 5.56. The maximum absolute atomic E-state index is 12.3. The van der Waals surface area contributed by atoms with E-state index in [2.05, 4.69) is 0 Å². The molecule has 2 N–H and O–H groups in total. The molecular formula is C14H16N2O2S. The zero-order valence-corrected chi connectivity index (χ0v) is 12.0. The van der Waals surface area contributed by atoms with Crippen LogP contribution >= 0.6 is 12.2 Å². The average molecular weight is 276 g/mol. The van der Waals surface area contributed by atoms with Gasteiger partial charge in [-0.25, -0.2) is 0 Å². The quantitative estimate of drug-likeness (QED) is 0.875. The third-order valence-corrected chi connectivity index (χ3v) is 3.54. The van der Waals surface area contributed by atoms with Gasteiger partial charge in [-0.1, -0.05) is 23.8 Å². The Hall–Kier alpha value is -1.88. The molecule has 0 aliphatic heterocycles. The van der Waals surface area contributed by atoms with Gasteiger partial charge in [0.05, 0.1) is 11.0 Å². The van der Waals surface area contributed by atoms with E-state index in [1.54, 1.807) is 20.0 Å². The predicted octanol–water partition coefficient (Wildman–Crippen LogP) is 2.49. The number of benzene rings is 1. The molecule has 1 heterocycles. The van der Waals surface area contributed by atoms with Gasteiger partial charge in [-0.3, -0.25) is 4.79 Å². The van der Waals surface area contributed by atoms with Crippen LogP contribution in [-0.2, 0) is 0 Å². The molecule has 0 aliphatic carbocycles. The summed E-state index contributed by atoms with van der Waals surface area (Å²) in [4.78, 5) is 14.0. The molecular weight excluding hydrogens is 260 g/mol. The van der Waals surface area contributed by atoms with Gasteiger partial charge in [0, 0.05) is 12.4 Å². The minimum Gasteiger partial charge on any atom is -0.451 e. The normalized spacial score (nSPS) is 12.4. The monoisotopic (exact) mass is 276 g/mol. The number of hydrogen-bond acceptors (Lipinski definition) is 3. The Morgan fingerprint density at radius 3 is 2.74 bits per heavy atom. The molecule has 19 heavy (non-hydrogen) atoms. The van der Waals surface area contributed by atoms with Crippen LogP contribution in [0.3, 0.4) is 0 Å². The summed E-state index contributed by atoms with van der Waals surface area (Å²) in [5, 5.41) is 0.916. The van der Waals surface area contributed by atoms with Crippen molar-refractivity contribution in [1.29, 1.82) is 0 Å². The highest BCUT2D eigenvalue weighted by Crippen LogP contribution is 2.21. The molecule has 1 amide bonds. The Kier molecular flexibility index (Phi) is 3.57. The summed E-state index contributed by atoms with van der Waals surface area (Å²) in [6, 6.07) is 7.22. The Labute approximate surface area is 117 Å². The van der Waals surface area contributed by atoms with E-state index in [0.29, 0.717) is 11.3 Å². The largest absolute Gasteiger partial charge is 0.451 e. The molecule has 4 nitrogen and oxygen atoms in total. The summed E-state index contributed by atoms with van der Waals surface area (Å²) in [6.07, 6.45) is 0. The van der Waals surface area contributed by atoms with Crippen LogP contribution in [0, 0.1) is 6.92 Å². The van der Waals surface area contributed by atoms with Crippen LogP contribution in [0.15, 0.2) is 28.7 Å². The van der Waals surface area contributed by atoms with E-state index >= 15 is 0 Å². The molecule has 0 radical (unpaired) electrons. The molecule has 0 fully saturated rings. The zero-order valence-electron chi connectivity index (χ0n) is 11.1. The first-order chi connectivity index (χ1) is 8.90. The Morgan fingerprint density at radius 2 is 2.11 bits per heavy atom. The molecule has 0 saturated heterocycles. The summed E-state index contributed by atoms with van der Waals surface area (Å²) in [6.45, 7) is 3.78. The van der Waals surface area contributed by atoms with Crippen LogP contribution < -0.4 is 5.73 Å². The molecule has 0 spiro atoms. The van der Waals surface area contributed by atoms with Gasteiger partial charge >= 0.3 is 0 Å². The smallest absolute Gasteiger partial charge is 0.289 e. The van der Waals surface area contributed by atoms with Crippen molar-refractivity contribution in [3.63, 3.8) is 0 Å². The average Bonchev–Trinajstić information content (AvgIpc) is 2.78. The van der Waals surface area contributed by atoms with E-state index in [0.717, 1.165) is 10.9 Å². The number of nitrogens with two attached hydrogens (primary N) is 1. The Morgan fingerprint density at radius 1 is 1.42 bits per heavy atom. The molecule has 2 rings (SSSR count). The van der Waals surface area contributed by atoms with E-state index in [1.165, 1.54) is 4.90 Å². The van der Waals surface area contributed by atoms with E-state index < -0.39 is 0 Å². The number of carbonyl (C=O) groups is 1. The molecule has 1 aromatic carbocycles. The summed E-state index contributed by atoms with van der Waals surface area (Å²) >= 11 is 4.90. The van der Waals surface area contributed by atoms with Gasteiger partial charge in [0.25, 0.3) is 5.91 Å². The summed E-state index contributed by atoms with van der Waals surface area (Å²) in [7, 11) is 1.66. The second-order valence-corrected chi connectivity index (χ2v) is 5.12. The molecule has 1 unspecified atom stereocenters. The maximum atomic E-state index is 12.3. The van der Waals surface area contributed by atoms with Crippen LogP contribution in [0.25, 0.3) is 11.0 Å². The van der Waals surface area contributed by atoms with Gasteiger partial charge in [-0.15, -0.1) is 0 Å². The number of rotatable bonds is 3. The van der Waals surface area contributed by atoms with Gasteiger partial charge < -0.3 is 15.1 Å². The number of likely N-dealkylation sites (N-methyl/N-ethyl adjacent to an activating group) is 1. The highest BCUT2D eigenvalue weighted by atomic mass is 32.1. The topological polar surface area (TPSA) is 59.5 Å². The molecule has 5 heteroatoms. The van der Waals surface area contributed by atoms with Crippen molar-refractivity contribution in [2.75, 3.05) is 7.05 Å². The van der Waals surface area contributed by atoms with E-state index in [1.807, 2.05) is 25.1 Å². The van der Waals surface area contributed by atoms with E-state index in [-0.39, 0.29) is 16.9 Å². The van der Waals surface area contributed by atoms with Crippen LogP contribution in [0.5, 0.6) is 0 Å². The molecule has 0 aliphatic rings. The van der Waals surface area contributed by atoms with Crippen molar-refractivity contribution in [3.8, 4) is 0 Å². The Bertz CT molecular complexity index is 648. The predicted molar refractivity (Wildman–Crippen MR) is 79.3 cm³/mol. The second kappa shape index (κ2) is 5.01. The number of nitrogens with zero attached hydrogens (tertiary/aromatic N) is 1. The zero-order chi connectivity index (χ0) is 14.2. The lowest BCUT2D eigenvalue weighted by Gasteiger charge is -2.22. The number of furan rings is 1. The number of thiocarbonyl (C=S) groups is 1. The van der Waals surface area contributed by atoms with Crippen LogP contribution in [0.4, 0.5) is 0 Å². The minimum atomic E-state index is -0.308. The molecule has 0 saturated carbocycles. The van der Waals surface area contributed by atoms with Gasteiger partial charge in [-0.05, 0) is 32.0 Å². The SMILES string of the molecule is Cc1ccc2oc(C(=O)N(C)C(C)C(N)=S)cc2c1. The molecule has 1 atom stereocenters. The highest BCUT2D eigenvalue weighted by Gasteiger charge is 2.22. The number of aryl methyl sites for hydroxylation is 1. The molecule has 2 aromatic rings. The minimum absolute atomic E-state index is 0.228. The van der Waals surface area contributed by atoms with Gasteiger partial charge in [0.2, 0.25) is 0 Å². The van der Waals surface area contributed by atoms with E-state index in [9.17, 15) is 4.79 Å². The third kappa shape index (κ3) is 2.61. The van der Waals surface area contributed by atoms with Gasteiger partial charge in [-0.2, -0.15) is 0 Å².